The van der Waals surface area contributed by atoms with Crippen molar-refractivity contribution >= 4 is 34.6 Å². The van der Waals surface area contributed by atoms with Gasteiger partial charge in [0, 0.05) is 42.9 Å². The van der Waals surface area contributed by atoms with Gasteiger partial charge in [-0.1, -0.05) is 19.9 Å². The third-order valence-corrected chi connectivity index (χ3v) is 5.88. The Bertz CT molecular complexity index is 1110. The summed E-state index contributed by atoms with van der Waals surface area (Å²) in [5, 5.41) is 7.13. The second kappa shape index (κ2) is 8.51. The molecule has 4 rings (SSSR count). The highest BCUT2D eigenvalue weighted by atomic mass is 32.1. The summed E-state index contributed by atoms with van der Waals surface area (Å²) in [4.78, 5) is 18.9. The highest BCUT2D eigenvalue weighted by molar-refractivity contribution is 7.80. The van der Waals surface area contributed by atoms with Gasteiger partial charge in [-0.15, -0.1) is 0 Å². The van der Waals surface area contributed by atoms with Crippen molar-refractivity contribution in [3.8, 4) is 0 Å². The highest BCUT2D eigenvalue weighted by Crippen LogP contribution is 2.42. The summed E-state index contributed by atoms with van der Waals surface area (Å²) >= 11 is 5.77. The van der Waals surface area contributed by atoms with Gasteiger partial charge in [0.2, 0.25) is 5.91 Å². The van der Waals surface area contributed by atoms with Crippen LogP contribution in [0.15, 0.2) is 61.1 Å². The lowest BCUT2D eigenvalue weighted by Crippen LogP contribution is -2.29. The molecule has 0 spiro atoms. The topological polar surface area (TPSA) is 62.2 Å². The quantitative estimate of drug-likeness (QED) is 0.580. The number of carbonyl (C=O) groups excluding carboxylic acids is 1. The Hall–Kier alpha value is -3.19. The zero-order valence-electron chi connectivity index (χ0n) is 18.2. The number of nitrogens with one attached hydrogen (secondary N) is 2. The lowest BCUT2D eigenvalue weighted by molar-refractivity contribution is -0.118. The van der Waals surface area contributed by atoms with Crippen molar-refractivity contribution in [3.05, 3.63) is 77.9 Å². The summed E-state index contributed by atoms with van der Waals surface area (Å²) in [6, 6.07) is 14.0. The molecule has 31 heavy (non-hydrogen) atoms. The number of pyridine rings is 1. The SMILES string of the molecule is Cc1cc(N2C(=S)N[C@H](c3ccccn3)[C@@H]2c2ccn(C)c2)ccc1NC(=O)C(C)C. The molecule has 1 saturated heterocycles. The van der Waals surface area contributed by atoms with Crippen LogP contribution in [-0.2, 0) is 11.8 Å². The Morgan fingerprint density at radius 3 is 2.65 bits per heavy atom. The van der Waals surface area contributed by atoms with Gasteiger partial charge >= 0.3 is 0 Å². The van der Waals surface area contributed by atoms with Gasteiger partial charge in [-0.2, -0.15) is 0 Å². The third-order valence-electron chi connectivity index (χ3n) is 5.56. The maximum absolute atomic E-state index is 12.1. The van der Waals surface area contributed by atoms with E-state index in [0.29, 0.717) is 5.11 Å². The molecule has 2 aromatic heterocycles. The lowest BCUT2D eigenvalue weighted by atomic mass is 9.98. The van der Waals surface area contributed by atoms with Gasteiger partial charge < -0.3 is 20.1 Å². The zero-order valence-corrected chi connectivity index (χ0v) is 19.0. The Kier molecular flexibility index (Phi) is 5.78. The van der Waals surface area contributed by atoms with Crippen molar-refractivity contribution in [1.29, 1.82) is 0 Å². The summed E-state index contributed by atoms with van der Waals surface area (Å²) in [5.41, 5.74) is 4.88. The normalized spacial score (nSPS) is 18.4. The first-order valence-electron chi connectivity index (χ1n) is 10.4. The minimum atomic E-state index is -0.0731. The molecule has 0 radical (unpaired) electrons. The van der Waals surface area contributed by atoms with E-state index < -0.39 is 0 Å². The van der Waals surface area contributed by atoms with Gasteiger partial charge in [0.25, 0.3) is 0 Å². The number of nitrogens with zero attached hydrogens (tertiary/aromatic N) is 3. The van der Waals surface area contributed by atoms with Crippen LogP contribution in [0.25, 0.3) is 0 Å². The summed E-state index contributed by atoms with van der Waals surface area (Å²) in [6.45, 7) is 5.77. The van der Waals surface area contributed by atoms with Gasteiger partial charge in [0.05, 0.1) is 17.8 Å². The van der Waals surface area contributed by atoms with E-state index in [4.69, 9.17) is 12.2 Å². The average Bonchev–Trinajstić information content (AvgIpc) is 3.32. The smallest absolute Gasteiger partial charge is 0.226 e. The molecule has 3 heterocycles. The first kappa shape index (κ1) is 21.1. The molecular formula is C24H27N5OS. The van der Waals surface area contributed by atoms with Crippen LogP contribution in [-0.4, -0.2) is 20.6 Å². The minimum Gasteiger partial charge on any atom is -0.357 e. The summed E-state index contributed by atoms with van der Waals surface area (Å²) in [6.07, 6.45) is 5.97. The van der Waals surface area contributed by atoms with Crippen LogP contribution in [0.5, 0.6) is 0 Å². The Labute approximate surface area is 188 Å². The fraction of sp³-hybridized carbons (Fsp3) is 0.292. The first-order valence-corrected chi connectivity index (χ1v) is 10.8. The minimum absolute atomic E-state index is 0.00610. The van der Waals surface area contributed by atoms with Crippen LogP contribution < -0.4 is 15.5 Å². The molecule has 0 aliphatic carbocycles. The predicted molar refractivity (Wildman–Crippen MR) is 128 cm³/mol. The van der Waals surface area contributed by atoms with Crippen molar-refractivity contribution in [2.75, 3.05) is 10.2 Å². The molecule has 1 amide bonds. The van der Waals surface area contributed by atoms with E-state index in [1.165, 1.54) is 0 Å². The predicted octanol–water partition coefficient (Wildman–Crippen LogP) is 4.50. The van der Waals surface area contributed by atoms with Crippen molar-refractivity contribution < 1.29 is 4.79 Å². The van der Waals surface area contributed by atoms with Crippen molar-refractivity contribution in [2.24, 2.45) is 13.0 Å². The summed E-state index contributed by atoms with van der Waals surface area (Å²) in [7, 11) is 2.01. The fourth-order valence-electron chi connectivity index (χ4n) is 3.89. The van der Waals surface area contributed by atoms with E-state index in [-0.39, 0.29) is 23.9 Å². The van der Waals surface area contributed by atoms with E-state index >= 15 is 0 Å². The summed E-state index contributed by atoms with van der Waals surface area (Å²) < 4.78 is 2.04. The number of anilines is 2. The van der Waals surface area contributed by atoms with Gasteiger partial charge in [-0.3, -0.25) is 9.78 Å². The molecule has 3 aromatic rings. The lowest BCUT2D eigenvalue weighted by Gasteiger charge is -2.28. The van der Waals surface area contributed by atoms with Crippen molar-refractivity contribution in [3.63, 3.8) is 0 Å². The third kappa shape index (κ3) is 4.18. The number of hydrogen-bond donors (Lipinski definition) is 2. The Morgan fingerprint density at radius 2 is 2.03 bits per heavy atom. The maximum atomic E-state index is 12.1. The van der Waals surface area contributed by atoms with Gasteiger partial charge in [-0.25, -0.2) is 0 Å². The summed E-state index contributed by atoms with van der Waals surface area (Å²) in [5.74, 6) is -0.0670. The number of benzene rings is 1. The van der Waals surface area contributed by atoms with Crippen LogP contribution in [0.2, 0.25) is 0 Å². The van der Waals surface area contributed by atoms with Crippen molar-refractivity contribution in [1.82, 2.24) is 14.9 Å². The number of hydrogen-bond acceptors (Lipinski definition) is 3. The number of rotatable bonds is 5. The van der Waals surface area contributed by atoms with Crippen LogP contribution in [0.3, 0.4) is 0 Å². The number of thiocarbonyl (C=S) groups is 1. The zero-order chi connectivity index (χ0) is 22.1. The number of carbonyl (C=O) groups is 1. The fourth-order valence-corrected chi connectivity index (χ4v) is 4.23. The maximum Gasteiger partial charge on any atom is 0.226 e. The largest absolute Gasteiger partial charge is 0.357 e. The molecule has 1 aromatic carbocycles. The molecule has 7 heteroatoms. The molecule has 160 valence electrons. The highest BCUT2D eigenvalue weighted by Gasteiger charge is 2.41. The van der Waals surface area contributed by atoms with E-state index in [0.717, 1.165) is 28.2 Å². The number of aryl methyl sites for hydroxylation is 2. The molecular weight excluding hydrogens is 406 g/mol. The molecule has 0 unspecified atom stereocenters. The monoisotopic (exact) mass is 433 g/mol. The Balaban J connectivity index is 1.73. The van der Waals surface area contributed by atoms with Crippen LogP contribution in [0, 0.1) is 12.8 Å². The van der Waals surface area contributed by atoms with Gasteiger partial charge in [0.1, 0.15) is 0 Å². The van der Waals surface area contributed by atoms with Crippen LogP contribution in [0.4, 0.5) is 11.4 Å². The number of amides is 1. The van der Waals surface area contributed by atoms with E-state index in [1.807, 2.05) is 68.9 Å². The number of aromatic nitrogens is 2. The van der Waals surface area contributed by atoms with Gasteiger partial charge in [-0.05, 0) is 66.7 Å². The molecule has 2 N–H and O–H groups in total. The molecule has 1 aliphatic rings. The Morgan fingerprint density at radius 1 is 1.23 bits per heavy atom. The van der Waals surface area contributed by atoms with E-state index in [9.17, 15) is 4.79 Å². The first-order chi connectivity index (χ1) is 14.8. The van der Waals surface area contributed by atoms with Crippen molar-refractivity contribution in [2.45, 2.75) is 32.9 Å². The van der Waals surface area contributed by atoms with Crippen LogP contribution >= 0.6 is 12.2 Å². The average molecular weight is 434 g/mol. The van der Waals surface area contributed by atoms with Crippen LogP contribution in [0.1, 0.15) is 42.8 Å². The molecule has 1 fully saturated rings. The second-order valence-corrected chi connectivity index (χ2v) is 8.64. The standard InChI is InChI=1S/C24H27N5OS/c1-15(2)23(30)26-19-9-8-18(13-16(19)3)29-22(17-10-12-28(4)14-17)21(27-24(29)31)20-7-5-6-11-25-20/h5-15,21-22H,1-4H3,(H,26,30)(H,27,31)/t21-,22+/m1/s1. The van der Waals surface area contributed by atoms with E-state index in [1.54, 1.807) is 6.20 Å². The molecule has 0 saturated carbocycles. The molecule has 1 aliphatic heterocycles. The second-order valence-electron chi connectivity index (χ2n) is 8.25. The van der Waals surface area contributed by atoms with Gasteiger partial charge in [0.15, 0.2) is 5.11 Å². The van der Waals surface area contributed by atoms with E-state index in [2.05, 4.69) is 38.8 Å². The molecule has 0 bridgehead atoms. The molecule has 6 nitrogen and oxygen atoms in total. The molecule has 2 atom stereocenters.